The number of unbranched alkanes of at least 4 members (excludes halogenated alkanes) is 30. The maximum Gasteiger partial charge on any atom is 0.182 e. The summed E-state index contributed by atoms with van der Waals surface area (Å²) in [6, 6.07) is 6.04. The van der Waals surface area contributed by atoms with Crippen LogP contribution in [-0.4, -0.2) is 16.6 Å². The van der Waals surface area contributed by atoms with Crippen LogP contribution in [0.4, 0.5) is 0 Å². The van der Waals surface area contributed by atoms with Gasteiger partial charge in [-0.3, -0.25) is 0 Å². The minimum atomic E-state index is -2.07. The van der Waals surface area contributed by atoms with Crippen LogP contribution in [0.3, 0.4) is 0 Å². The van der Waals surface area contributed by atoms with Gasteiger partial charge in [-0.05, 0) is 35.3 Å². The van der Waals surface area contributed by atoms with E-state index < -0.39 is 16.6 Å². The van der Waals surface area contributed by atoms with E-state index in [2.05, 4.69) is 55.4 Å². The van der Waals surface area contributed by atoms with Crippen molar-refractivity contribution in [3.05, 3.63) is 0 Å². The maximum absolute atomic E-state index is 9.09. The predicted octanol–water partition coefficient (Wildman–Crippen LogP) is 22.2. The van der Waals surface area contributed by atoms with Crippen LogP contribution in [0.25, 0.3) is 0 Å². The molecule has 356 valence electrons. The molecule has 0 heterocycles. The summed E-state index contributed by atoms with van der Waals surface area (Å²) in [6.45, 7) is 19.3. The van der Waals surface area contributed by atoms with Crippen LogP contribution in [0, 0.1) is 0 Å². The van der Waals surface area contributed by atoms with Crippen molar-refractivity contribution in [2.75, 3.05) is 0 Å². The lowest BCUT2D eigenvalue weighted by Gasteiger charge is -2.50. The molecule has 2 atom stereocenters. The maximum atomic E-state index is 9.09. The van der Waals surface area contributed by atoms with Gasteiger partial charge in [0.1, 0.15) is 0 Å². The average molecular weight is 864 g/mol. The lowest BCUT2D eigenvalue weighted by atomic mass is 10.1. The summed E-state index contributed by atoms with van der Waals surface area (Å²) < 4.78 is 9.09. The fraction of sp³-hybridized carbons (Fsp3) is 1.00. The highest BCUT2D eigenvalue weighted by Gasteiger charge is 2.51. The monoisotopic (exact) mass is 863 g/mol. The Kier molecular flexibility index (Phi) is 45.3. The first-order chi connectivity index (χ1) is 29.0. The van der Waals surface area contributed by atoms with Crippen LogP contribution in [0.15, 0.2) is 0 Å². The second-order valence-corrected chi connectivity index (χ2v) is 29.1. The van der Waals surface area contributed by atoms with Crippen molar-refractivity contribution in [2.24, 2.45) is 0 Å². The van der Waals surface area contributed by atoms with Gasteiger partial charge in [-0.1, -0.05) is 325 Å². The molecule has 0 aliphatic carbocycles. The molecule has 0 aliphatic heterocycles. The van der Waals surface area contributed by atoms with Crippen molar-refractivity contribution in [1.29, 1.82) is 0 Å². The van der Waals surface area contributed by atoms with Crippen LogP contribution in [0.5, 0.6) is 0 Å². The topological polar surface area (TPSA) is 9.23 Å². The summed E-state index contributed by atoms with van der Waals surface area (Å²) in [4.78, 5) is 0. The first-order valence-corrected chi connectivity index (χ1v) is 33.5. The highest BCUT2D eigenvalue weighted by Crippen LogP contribution is 2.50. The Bertz CT molecular complexity index is 703. The molecule has 1 nitrogen and oxygen atoms in total. The fourth-order valence-corrected chi connectivity index (χ4v) is 25.5. The summed E-state index contributed by atoms with van der Waals surface area (Å²) in [5.74, 6) is 0. The molecule has 0 saturated carbocycles. The Balaban J connectivity index is 7.48. The van der Waals surface area contributed by atoms with Gasteiger partial charge in [0.15, 0.2) is 16.6 Å². The molecule has 0 aromatic heterocycles. The van der Waals surface area contributed by atoms with Gasteiger partial charge in [-0.15, -0.1) is 0 Å². The molecule has 0 amide bonds. The zero-order valence-corrected chi connectivity index (χ0v) is 45.1. The number of hydrogen-bond donors (Lipinski definition) is 0. The number of rotatable bonds is 50. The van der Waals surface area contributed by atoms with Crippen LogP contribution < -0.4 is 0 Å². The third-order valence-corrected chi connectivity index (χ3v) is 27.0. The van der Waals surface area contributed by atoms with Crippen LogP contribution in [0.1, 0.15) is 325 Å². The molecule has 0 N–H and O–H groups in total. The van der Waals surface area contributed by atoms with Gasteiger partial charge < -0.3 is 4.12 Å². The fourth-order valence-electron chi connectivity index (χ4n) is 10.9. The average Bonchev–Trinajstić information content (AvgIpc) is 3.24. The molecule has 59 heavy (non-hydrogen) atoms. The molecule has 0 radical (unpaired) electrons. The molecule has 0 aromatic carbocycles. The first kappa shape index (κ1) is 59.4. The quantitative estimate of drug-likeness (QED) is 0.0437. The molecular weight excluding hydrogens is 745 g/mol. The molecule has 0 saturated heterocycles. The Morgan fingerprint density at radius 3 is 0.644 bits per heavy atom. The lowest BCUT2D eigenvalue weighted by Crippen LogP contribution is -2.56. The van der Waals surface area contributed by atoms with E-state index in [1.165, 1.54) is 294 Å². The summed E-state index contributed by atoms with van der Waals surface area (Å²) in [7, 11) is -4.13. The van der Waals surface area contributed by atoms with Crippen molar-refractivity contribution in [2.45, 2.75) is 360 Å². The van der Waals surface area contributed by atoms with Crippen molar-refractivity contribution in [3.8, 4) is 0 Å². The van der Waals surface area contributed by atoms with Crippen molar-refractivity contribution in [1.82, 2.24) is 0 Å². The summed E-state index contributed by atoms with van der Waals surface area (Å²) >= 11 is 0. The highest BCUT2D eigenvalue weighted by atomic mass is 28.4. The summed E-state index contributed by atoms with van der Waals surface area (Å²) in [5.41, 5.74) is 1.79. The number of hydrogen-bond acceptors (Lipinski definition) is 1. The largest absolute Gasteiger partial charge is 0.454 e. The van der Waals surface area contributed by atoms with Gasteiger partial charge in [0.2, 0.25) is 0 Å². The molecule has 0 aliphatic rings. The van der Waals surface area contributed by atoms with E-state index in [0.29, 0.717) is 0 Å². The summed E-state index contributed by atoms with van der Waals surface area (Å²) in [6.07, 6.45) is 60.4. The second-order valence-electron chi connectivity index (χ2n) is 20.4. The molecule has 0 fully saturated rings. The van der Waals surface area contributed by atoms with Gasteiger partial charge in [0.05, 0.1) is 0 Å². The van der Waals surface area contributed by atoms with Crippen molar-refractivity contribution in [3.63, 3.8) is 0 Å². The van der Waals surface area contributed by atoms with Gasteiger partial charge in [-0.25, -0.2) is 0 Å². The zero-order valence-electron chi connectivity index (χ0n) is 43.1. The van der Waals surface area contributed by atoms with Crippen LogP contribution >= 0.6 is 0 Å². The van der Waals surface area contributed by atoms with Gasteiger partial charge in [0, 0.05) is 0 Å². The lowest BCUT2D eigenvalue weighted by molar-refractivity contribution is 0.403. The third-order valence-electron chi connectivity index (χ3n) is 14.8. The summed E-state index contributed by atoms with van der Waals surface area (Å²) in [5, 5.41) is 0. The van der Waals surface area contributed by atoms with E-state index in [-0.39, 0.29) is 0 Å². The molecule has 0 spiro atoms. The molecule has 0 rings (SSSR count). The Hall–Kier alpha value is 0.394. The van der Waals surface area contributed by atoms with Gasteiger partial charge >= 0.3 is 0 Å². The first-order valence-electron chi connectivity index (χ1n) is 28.7. The Morgan fingerprint density at radius 2 is 0.407 bits per heavy atom. The van der Waals surface area contributed by atoms with E-state index in [0.717, 1.165) is 11.1 Å². The molecule has 0 bridgehead atoms. The molecule has 2 unspecified atom stereocenters. The van der Waals surface area contributed by atoms with Crippen LogP contribution in [0.2, 0.25) is 35.3 Å². The Labute approximate surface area is 379 Å². The molecular formula is C56H118OSi2. The SMILES string of the molecule is CCCCCCCC[Si](CCCCCCCC)(O[Si](CCCCCCCC)(CCCCCCCC)C(CCCC)CCCCCCC)C(CCCC)CCCCCCC. The minimum absolute atomic E-state index is 0.896. The molecule has 3 heteroatoms. The third kappa shape index (κ3) is 31.8. The predicted molar refractivity (Wildman–Crippen MR) is 279 cm³/mol. The molecule has 0 aromatic rings. The van der Waals surface area contributed by atoms with Crippen LogP contribution in [-0.2, 0) is 4.12 Å². The van der Waals surface area contributed by atoms with Gasteiger partial charge in [-0.2, -0.15) is 0 Å². The standard InChI is InChI=1S/C56H118OSi2/c1-9-17-25-31-37-43-51-58(52-44-38-32-26-18-10-2,55(47-23-15-7)49-41-35-29-21-13-5)57-59(53-45-39-33-27-19-11-3,54-46-40-34-28-20-12-4)56(48-24-16-8)50-42-36-30-22-14-6/h55-56H,9-54H2,1-8H3. The van der Waals surface area contributed by atoms with E-state index >= 15 is 0 Å². The Morgan fingerprint density at radius 1 is 0.220 bits per heavy atom. The second kappa shape index (κ2) is 45.0. The van der Waals surface area contributed by atoms with Crippen molar-refractivity contribution < 1.29 is 4.12 Å². The smallest absolute Gasteiger partial charge is 0.182 e. The van der Waals surface area contributed by atoms with E-state index in [4.69, 9.17) is 4.12 Å². The van der Waals surface area contributed by atoms with Crippen molar-refractivity contribution >= 4 is 16.6 Å². The normalized spacial score (nSPS) is 13.4. The zero-order chi connectivity index (χ0) is 43.4. The minimum Gasteiger partial charge on any atom is -0.454 e. The van der Waals surface area contributed by atoms with Gasteiger partial charge in [0.25, 0.3) is 0 Å². The van der Waals surface area contributed by atoms with E-state index in [1.807, 2.05) is 0 Å². The van der Waals surface area contributed by atoms with E-state index in [9.17, 15) is 0 Å². The highest BCUT2D eigenvalue weighted by molar-refractivity contribution is 6.88. The van der Waals surface area contributed by atoms with E-state index in [1.54, 1.807) is 0 Å².